The largest absolute Gasteiger partial charge is 0.345 e. The van der Waals surface area contributed by atoms with Crippen LogP contribution in [-0.4, -0.2) is 113 Å². The summed E-state index contributed by atoms with van der Waals surface area (Å²) in [7, 11) is -4.38. The Kier molecular flexibility index (Phi) is 11.7. The first-order valence-corrected chi connectivity index (χ1v) is 24.0. The van der Waals surface area contributed by atoms with Crippen molar-refractivity contribution in [3.8, 4) is 11.1 Å². The van der Waals surface area contributed by atoms with E-state index in [-0.39, 0.29) is 59.6 Å². The number of amides is 4. The molecule has 10 rings (SSSR count). The number of aromatic nitrogens is 2. The molecule has 0 spiro atoms. The van der Waals surface area contributed by atoms with Crippen molar-refractivity contribution in [2.75, 3.05) is 48.9 Å². The number of hydrogen-bond acceptors (Lipinski definition) is 9. The summed E-state index contributed by atoms with van der Waals surface area (Å²) in [5, 5.41) is 2.64. The van der Waals surface area contributed by atoms with Crippen molar-refractivity contribution < 1.29 is 45.6 Å². The van der Waals surface area contributed by atoms with Crippen molar-refractivity contribution >= 4 is 62.0 Å². The molecule has 2 aromatic heterocycles. The van der Waals surface area contributed by atoms with Crippen LogP contribution >= 0.6 is 0 Å². The fraction of sp³-hybridized carbons (Fsp3) is 0.375. The second-order valence-electron chi connectivity index (χ2n) is 18.1. The minimum atomic E-state index is -4.38. The molecular weight excluding hydrogens is 890 g/mol. The molecule has 0 radical (unpaired) electrons. The van der Waals surface area contributed by atoms with Crippen molar-refractivity contribution in [1.82, 2.24) is 29.4 Å². The Hall–Kier alpha value is -6.44. The van der Waals surface area contributed by atoms with Crippen molar-refractivity contribution in [3.63, 3.8) is 0 Å². The fourth-order valence-electron chi connectivity index (χ4n) is 10.3. The van der Waals surface area contributed by atoms with Crippen LogP contribution in [0, 0.1) is 17.6 Å². The number of carbonyl (C=O) groups excluding carboxylic acids is 5. The molecule has 5 aromatic rings. The summed E-state index contributed by atoms with van der Waals surface area (Å²) in [6.07, 6.45) is 5.21. The number of benzene rings is 3. The van der Waals surface area contributed by atoms with Crippen LogP contribution in [0.2, 0.25) is 0 Å². The monoisotopic (exact) mass is 936 g/mol. The number of piperidine rings is 3. The SMILES string of the molecule is O=C1CCC(N2Cc3cc(C4CCN(C[C@@H]5CCN(c6ccc(-c7cnc8[nH]cc(C(=O)c9c(F)ccc(NS(=O)(=O)N%10CC[C@@H](F)C%10)c9F)c8c7)cc6)C(=O)C5)CC4)ccc3C2=O)C(=O)N1. The highest BCUT2D eigenvalue weighted by Crippen LogP contribution is 2.36. The number of nitrogens with one attached hydrogen (secondary N) is 3. The van der Waals surface area contributed by atoms with Crippen LogP contribution in [0.4, 0.5) is 24.5 Å². The molecule has 3 N–H and O–H groups in total. The van der Waals surface area contributed by atoms with Gasteiger partial charge in [0.05, 0.1) is 11.3 Å². The zero-order valence-electron chi connectivity index (χ0n) is 36.3. The lowest BCUT2D eigenvalue weighted by atomic mass is 9.87. The van der Waals surface area contributed by atoms with Gasteiger partial charge in [-0.2, -0.15) is 12.7 Å². The van der Waals surface area contributed by atoms with Gasteiger partial charge in [0, 0.05) is 85.7 Å². The molecule has 4 fully saturated rings. The maximum absolute atomic E-state index is 15.8. The minimum absolute atomic E-state index is 0.00954. The van der Waals surface area contributed by atoms with Crippen LogP contribution in [0.25, 0.3) is 22.2 Å². The predicted molar refractivity (Wildman–Crippen MR) is 241 cm³/mol. The van der Waals surface area contributed by atoms with Gasteiger partial charge in [0.25, 0.3) is 5.91 Å². The number of nitrogens with zero attached hydrogens (tertiary/aromatic N) is 5. The van der Waals surface area contributed by atoms with Crippen molar-refractivity contribution in [2.45, 2.75) is 69.6 Å². The standard InChI is InChI=1S/C48H47F3N8O7S/c49-33-14-17-57(26-33)67(65,66)55-39-8-7-38(50)43(44(39)51)45(62)37-23-53-46-36(37)21-31(22-52-46)28-1-4-34(5-2-28)58-18-11-27(19-42(58)61)24-56-15-12-29(13-16-56)30-3-6-35-32(20-30)25-59(48(35)64)40-9-10-41(60)54-47(40)63/h1-8,20-23,27,29,33,40,55H,9-19,24-26H2,(H,52,53)(H,54,60,63)/t27-,33-,40?/m1/s1. The average Bonchev–Trinajstić information content (AvgIpc) is 4.04. The summed E-state index contributed by atoms with van der Waals surface area (Å²) >= 11 is 0. The molecule has 7 heterocycles. The summed E-state index contributed by atoms with van der Waals surface area (Å²) in [6.45, 7) is 3.03. The predicted octanol–water partition coefficient (Wildman–Crippen LogP) is 5.82. The van der Waals surface area contributed by atoms with Gasteiger partial charge >= 0.3 is 10.2 Å². The van der Waals surface area contributed by atoms with E-state index in [1.807, 2.05) is 41.1 Å². The van der Waals surface area contributed by atoms with Gasteiger partial charge in [-0.05, 0) is 110 Å². The molecule has 15 nitrogen and oxygen atoms in total. The first-order chi connectivity index (χ1) is 32.2. The third-order valence-electron chi connectivity index (χ3n) is 13.9. The van der Waals surface area contributed by atoms with Gasteiger partial charge in [-0.25, -0.2) is 18.2 Å². The molecular formula is C48H47F3N8O7S. The van der Waals surface area contributed by atoms with Crippen molar-refractivity contribution in [3.05, 3.63) is 113 Å². The number of anilines is 2. The highest BCUT2D eigenvalue weighted by atomic mass is 32.2. The maximum Gasteiger partial charge on any atom is 0.301 e. The molecule has 0 aliphatic carbocycles. The molecule has 4 saturated heterocycles. The van der Waals surface area contributed by atoms with Crippen LogP contribution in [0.3, 0.4) is 0 Å². The number of hydrogen-bond donors (Lipinski definition) is 3. The number of pyridine rings is 1. The van der Waals surface area contributed by atoms with E-state index in [9.17, 15) is 36.8 Å². The van der Waals surface area contributed by atoms with E-state index in [0.717, 1.165) is 72.1 Å². The fourth-order valence-corrected chi connectivity index (χ4v) is 11.5. The summed E-state index contributed by atoms with van der Waals surface area (Å²) in [5.41, 5.74) is 3.35. The van der Waals surface area contributed by atoms with Crippen LogP contribution < -0.4 is 14.9 Å². The summed E-state index contributed by atoms with van der Waals surface area (Å²) in [6, 6.07) is 16.0. The zero-order valence-corrected chi connectivity index (χ0v) is 37.1. The van der Waals surface area contributed by atoms with Crippen molar-refractivity contribution in [1.29, 1.82) is 0 Å². The van der Waals surface area contributed by atoms with E-state index in [1.54, 1.807) is 22.1 Å². The Labute approximate surface area is 383 Å². The molecule has 5 aliphatic rings. The molecule has 67 heavy (non-hydrogen) atoms. The maximum atomic E-state index is 15.8. The van der Waals surface area contributed by atoms with Gasteiger partial charge in [0.15, 0.2) is 5.82 Å². The third kappa shape index (κ3) is 8.59. The summed E-state index contributed by atoms with van der Waals surface area (Å²) < 4.78 is 73.1. The number of aromatic amines is 1. The van der Waals surface area contributed by atoms with E-state index < -0.39 is 63.5 Å². The Morgan fingerprint density at radius 1 is 0.881 bits per heavy atom. The molecule has 3 atom stereocenters. The molecule has 0 saturated carbocycles. The van der Waals surface area contributed by atoms with Crippen LogP contribution in [0.1, 0.15) is 88.3 Å². The summed E-state index contributed by atoms with van der Waals surface area (Å²) in [5.74, 6) is -3.95. The third-order valence-corrected chi connectivity index (χ3v) is 15.4. The highest BCUT2D eigenvalue weighted by molar-refractivity contribution is 7.90. The summed E-state index contributed by atoms with van der Waals surface area (Å²) in [4.78, 5) is 77.7. The number of rotatable bonds is 11. The molecule has 3 aromatic carbocycles. The van der Waals surface area contributed by atoms with Crippen molar-refractivity contribution in [2.24, 2.45) is 5.92 Å². The Morgan fingerprint density at radius 3 is 2.40 bits per heavy atom. The first kappa shape index (κ1) is 44.4. The van der Waals surface area contributed by atoms with Gasteiger partial charge in [-0.1, -0.05) is 24.3 Å². The van der Waals surface area contributed by atoms with Crippen LogP contribution in [-0.2, 0) is 31.1 Å². The lowest BCUT2D eigenvalue weighted by Crippen LogP contribution is -2.52. The number of halogens is 3. The Bertz CT molecular complexity index is 2960. The number of ketones is 1. The van der Waals surface area contributed by atoms with E-state index in [0.29, 0.717) is 43.0 Å². The van der Waals surface area contributed by atoms with Crippen LogP contribution in [0.15, 0.2) is 73.1 Å². The highest BCUT2D eigenvalue weighted by Gasteiger charge is 2.40. The number of carbonyl (C=O) groups is 5. The first-order valence-electron chi connectivity index (χ1n) is 22.5. The van der Waals surface area contributed by atoms with E-state index in [2.05, 4.69) is 26.3 Å². The lowest BCUT2D eigenvalue weighted by molar-refractivity contribution is -0.137. The van der Waals surface area contributed by atoms with E-state index in [4.69, 9.17) is 0 Å². The zero-order chi connectivity index (χ0) is 46.7. The number of imide groups is 1. The smallest absolute Gasteiger partial charge is 0.301 e. The Balaban J connectivity index is 0.743. The second kappa shape index (κ2) is 17.7. The number of likely N-dealkylation sites (tertiary alicyclic amines) is 1. The molecule has 4 amide bonds. The van der Waals surface area contributed by atoms with Gasteiger partial charge < -0.3 is 19.7 Å². The van der Waals surface area contributed by atoms with Gasteiger partial charge in [-0.3, -0.25) is 34.0 Å². The van der Waals surface area contributed by atoms with Crippen LogP contribution in [0.5, 0.6) is 0 Å². The number of H-pyrrole nitrogens is 1. The number of alkyl halides is 1. The Morgan fingerprint density at radius 2 is 1.67 bits per heavy atom. The molecule has 0 bridgehead atoms. The lowest BCUT2D eigenvalue weighted by Gasteiger charge is -2.37. The number of fused-ring (bicyclic) bond motifs is 2. The molecule has 348 valence electrons. The minimum Gasteiger partial charge on any atom is -0.345 e. The topological polar surface area (TPSA) is 185 Å². The van der Waals surface area contributed by atoms with Gasteiger partial charge in [-0.15, -0.1) is 0 Å². The molecule has 5 aliphatic heterocycles. The van der Waals surface area contributed by atoms with Gasteiger partial charge in [0.1, 0.15) is 23.7 Å². The van der Waals surface area contributed by atoms with Gasteiger partial charge in [0.2, 0.25) is 23.5 Å². The molecule has 1 unspecified atom stereocenters. The quantitative estimate of drug-likeness (QED) is 0.108. The second-order valence-corrected chi connectivity index (χ2v) is 19.8. The average molecular weight is 937 g/mol. The molecule has 19 heteroatoms. The van der Waals surface area contributed by atoms with E-state index in [1.165, 1.54) is 11.8 Å². The normalized spacial score (nSPS) is 22.2. The van der Waals surface area contributed by atoms with E-state index >= 15 is 8.78 Å².